The van der Waals surface area contributed by atoms with E-state index in [1.54, 1.807) is 13.1 Å². The third kappa shape index (κ3) is 3.53. The Bertz CT molecular complexity index is 1250. The van der Waals surface area contributed by atoms with Crippen LogP contribution in [0.3, 0.4) is 0 Å². The van der Waals surface area contributed by atoms with Crippen LogP contribution in [0.2, 0.25) is 0 Å². The van der Waals surface area contributed by atoms with Crippen molar-refractivity contribution in [2.45, 2.75) is 57.3 Å². The highest BCUT2D eigenvalue weighted by Gasteiger charge is 2.41. The molecule has 32 heavy (non-hydrogen) atoms. The predicted molar refractivity (Wildman–Crippen MR) is 123 cm³/mol. The van der Waals surface area contributed by atoms with Gasteiger partial charge in [-0.25, -0.2) is 4.98 Å². The number of piperidine rings is 1. The van der Waals surface area contributed by atoms with E-state index in [-0.39, 0.29) is 5.91 Å². The van der Waals surface area contributed by atoms with Crippen LogP contribution in [0.5, 0.6) is 10.9 Å². The summed E-state index contributed by atoms with van der Waals surface area (Å²) in [7, 11) is 0. The van der Waals surface area contributed by atoms with Gasteiger partial charge in [0.15, 0.2) is 5.65 Å². The van der Waals surface area contributed by atoms with Crippen molar-refractivity contribution in [2.75, 3.05) is 0 Å². The molecule has 3 aromatic heterocycles. The number of benzene rings is 1. The lowest BCUT2D eigenvalue weighted by atomic mass is 9.97. The Morgan fingerprint density at radius 3 is 2.91 bits per heavy atom. The van der Waals surface area contributed by atoms with Gasteiger partial charge in [-0.1, -0.05) is 11.3 Å². The molecule has 164 valence electrons. The minimum Gasteiger partial charge on any atom is -0.464 e. The molecule has 6 rings (SSSR count). The topological polar surface area (TPSA) is 80.5 Å². The number of amides is 1. The summed E-state index contributed by atoms with van der Waals surface area (Å²) in [5.74, 6) is 0.913. The molecule has 7 nitrogen and oxygen atoms in total. The lowest BCUT2D eigenvalue weighted by Crippen LogP contribution is -2.50. The van der Waals surface area contributed by atoms with E-state index in [1.807, 2.05) is 36.6 Å². The molecule has 8 heteroatoms. The van der Waals surface area contributed by atoms with E-state index in [1.165, 1.54) is 11.3 Å². The van der Waals surface area contributed by atoms with Crippen molar-refractivity contribution in [3.8, 4) is 10.9 Å². The number of carbonyl (C=O) groups is 1. The smallest absolute Gasteiger partial charge is 0.281 e. The fraction of sp³-hybridized carbons (Fsp3) is 0.375. The average molecular weight is 449 g/mol. The molecule has 2 aliphatic rings. The van der Waals surface area contributed by atoms with E-state index in [2.05, 4.69) is 20.2 Å². The first kappa shape index (κ1) is 19.7. The van der Waals surface area contributed by atoms with E-state index >= 15 is 0 Å². The fourth-order valence-corrected chi connectivity index (χ4v) is 6.06. The third-order valence-corrected chi connectivity index (χ3v) is 7.54. The summed E-state index contributed by atoms with van der Waals surface area (Å²) in [6.07, 6.45) is 7.87. The Hall–Kier alpha value is -2.97. The summed E-state index contributed by atoms with van der Waals surface area (Å²) in [5.41, 5.74) is 2.63. The average Bonchev–Trinajstić information content (AvgIpc) is 3.45. The van der Waals surface area contributed by atoms with Gasteiger partial charge in [-0.15, -0.1) is 0 Å². The van der Waals surface area contributed by atoms with E-state index in [9.17, 15) is 4.79 Å². The number of nitrogens with zero attached hydrogens (tertiary/aromatic N) is 3. The molecule has 1 N–H and O–H groups in total. The van der Waals surface area contributed by atoms with E-state index < -0.39 is 0 Å². The van der Waals surface area contributed by atoms with Gasteiger partial charge in [-0.3, -0.25) is 4.79 Å². The van der Waals surface area contributed by atoms with Gasteiger partial charge in [0.05, 0.1) is 11.0 Å². The van der Waals surface area contributed by atoms with Crippen molar-refractivity contribution in [1.82, 2.24) is 20.2 Å². The van der Waals surface area contributed by atoms with Crippen molar-refractivity contribution >= 4 is 38.6 Å². The summed E-state index contributed by atoms with van der Waals surface area (Å²) in [6, 6.07) is 11.0. The molecule has 0 radical (unpaired) electrons. The highest BCUT2D eigenvalue weighted by atomic mass is 32.1. The van der Waals surface area contributed by atoms with E-state index in [4.69, 9.17) is 9.15 Å². The molecule has 2 fully saturated rings. The molecule has 0 aliphatic carbocycles. The van der Waals surface area contributed by atoms with Crippen LogP contribution in [0, 0.1) is 0 Å². The molecule has 2 aliphatic heterocycles. The Kier molecular flexibility index (Phi) is 4.84. The molecule has 5 heterocycles. The van der Waals surface area contributed by atoms with Gasteiger partial charge < -0.3 is 19.4 Å². The highest BCUT2D eigenvalue weighted by molar-refractivity contribution is 7.20. The fourth-order valence-electron chi connectivity index (χ4n) is 5.27. The first-order valence-corrected chi connectivity index (χ1v) is 11.9. The molecule has 1 amide bonds. The Morgan fingerprint density at radius 1 is 1.28 bits per heavy atom. The van der Waals surface area contributed by atoms with Gasteiger partial charge in [0.25, 0.3) is 5.19 Å². The van der Waals surface area contributed by atoms with E-state index in [0.29, 0.717) is 34.7 Å². The zero-order valence-corrected chi connectivity index (χ0v) is 18.6. The van der Waals surface area contributed by atoms with Crippen LogP contribution in [0.4, 0.5) is 0 Å². The number of rotatable bonds is 5. The van der Waals surface area contributed by atoms with Gasteiger partial charge in [0.2, 0.25) is 5.91 Å². The maximum absolute atomic E-state index is 11.9. The molecular formula is C24H24N4O3S. The van der Waals surface area contributed by atoms with Crippen LogP contribution in [-0.2, 0) is 11.3 Å². The minimum atomic E-state index is 0.219. The molecule has 0 saturated carbocycles. The third-order valence-electron chi connectivity index (χ3n) is 6.66. The lowest BCUT2D eigenvalue weighted by molar-refractivity contribution is -0.133. The molecule has 1 unspecified atom stereocenters. The number of ether oxygens (including phenoxy) is 1. The van der Waals surface area contributed by atoms with Crippen LogP contribution in [-0.4, -0.2) is 38.9 Å². The van der Waals surface area contributed by atoms with Crippen LogP contribution >= 0.6 is 11.3 Å². The SMILES string of the molecule is CC(=O)N1[C@@H]2CC[C@H]1CC(NCc1coc3cc(Oc4nc5ncccc5s4)ccc13)C2. The monoisotopic (exact) mass is 448 g/mol. The first-order chi connectivity index (χ1) is 15.6. The number of nitrogens with one attached hydrogen (secondary N) is 1. The maximum atomic E-state index is 11.9. The summed E-state index contributed by atoms with van der Waals surface area (Å²) in [6.45, 7) is 2.45. The lowest BCUT2D eigenvalue weighted by Gasteiger charge is -2.38. The zero-order chi connectivity index (χ0) is 21.7. The highest BCUT2D eigenvalue weighted by Crippen LogP contribution is 2.36. The number of furan rings is 1. The summed E-state index contributed by atoms with van der Waals surface area (Å²) in [4.78, 5) is 22.7. The Morgan fingerprint density at radius 2 is 2.12 bits per heavy atom. The van der Waals surface area contributed by atoms with E-state index in [0.717, 1.165) is 53.5 Å². The normalized spacial score (nSPS) is 22.7. The molecule has 0 spiro atoms. The second-order valence-electron chi connectivity index (χ2n) is 8.69. The number of carbonyl (C=O) groups excluding carboxylic acids is 1. The molecule has 4 aromatic rings. The van der Waals surface area contributed by atoms with Gasteiger partial charge in [0, 0.05) is 54.8 Å². The molecule has 2 saturated heterocycles. The standard InChI is InChI=1S/C24H24N4O3S/c1-14(29)28-17-4-5-18(28)10-16(9-17)26-12-15-13-30-21-11-19(6-7-20(15)21)31-24-27-23-22(32-24)3-2-8-25-23/h2-3,6-8,11,13,16-18,26H,4-5,9-10,12H2,1H3/t16?,17-,18+. The predicted octanol–water partition coefficient (Wildman–Crippen LogP) is 4.86. The van der Waals surface area contributed by atoms with Crippen molar-refractivity contribution in [3.05, 3.63) is 48.4 Å². The van der Waals surface area contributed by atoms with Gasteiger partial charge >= 0.3 is 0 Å². The molecule has 2 bridgehead atoms. The second-order valence-corrected chi connectivity index (χ2v) is 9.68. The maximum Gasteiger partial charge on any atom is 0.281 e. The van der Waals surface area contributed by atoms with Crippen LogP contribution < -0.4 is 10.1 Å². The minimum absolute atomic E-state index is 0.219. The number of pyridine rings is 1. The van der Waals surface area contributed by atoms with Crippen molar-refractivity contribution in [2.24, 2.45) is 0 Å². The summed E-state index contributed by atoms with van der Waals surface area (Å²) in [5, 5.41) is 5.35. The van der Waals surface area contributed by atoms with Crippen molar-refractivity contribution in [1.29, 1.82) is 0 Å². The summed E-state index contributed by atoms with van der Waals surface area (Å²) >= 11 is 1.47. The van der Waals surface area contributed by atoms with Crippen LogP contribution in [0.25, 0.3) is 21.3 Å². The van der Waals surface area contributed by atoms with Gasteiger partial charge in [-0.05, 0) is 49.9 Å². The number of fused-ring (bicyclic) bond motifs is 4. The van der Waals surface area contributed by atoms with Crippen molar-refractivity contribution in [3.63, 3.8) is 0 Å². The zero-order valence-electron chi connectivity index (χ0n) is 17.8. The largest absolute Gasteiger partial charge is 0.464 e. The molecule has 1 aromatic carbocycles. The number of aromatic nitrogens is 2. The molecular weight excluding hydrogens is 424 g/mol. The number of hydrogen-bond acceptors (Lipinski definition) is 7. The van der Waals surface area contributed by atoms with Gasteiger partial charge in [0.1, 0.15) is 11.3 Å². The number of thiazole rings is 1. The van der Waals surface area contributed by atoms with Crippen LogP contribution in [0.1, 0.15) is 38.2 Å². The first-order valence-electron chi connectivity index (χ1n) is 11.1. The Labute approximate surface area is 189 Å². The second kappa shape index (κ2) is 7.86. The summed E-state index contributed by atoms with van der Waals surface area (Å²) < 4.78 is 12.8. The number of hydrogen-bond donors (Lipinski definition) is 1. The quantitative estimate of drug-likeness (QED) is 0.470. The van der Waals surface area contributed by atoms with Gasteiger partial charge in [-0.2, -0.15) is 4.98 Å². The molecule has 3 atom stereocenters. The van der Waals surface area contributed by atoms with Crippen LogP contribution in [0.15, 0.2) is 47.2 Å². The Balaban J connectivity index is 1.13. The van der Waals surface area contributed by atoms with Crippen molar-refractivity contribution < 1.29 is 13.9 Å².